The molecule has 2 aliphatic rings. The average molecular weight is 747 g/mol. The molecular weight excluding hydrogens is 703 g/mol. The van der Waals surface area contributed by atoms with Gasteiger partial charge in [0.15, 0.2) is 9.84 Å². The number of carbonyl (C=O) groups excluding carboxylic acids is 1. The number of halogens is 1. The summed E-state index contributed by atoms with van der Waals surface area (Å²) in [5.41, 5.74) is 3.58. The fourth-order valence-corrected chi connectivity index (χ4v) is 7.55. The van der Waals surface area contributed by atoms with Gasteiger partial charge in [-0.2, -0.15) is 4.98 Å². The van der Waals surface area contributed by atoms with E-state index in [9.17, 15) is 13.2 Å². The fourth-order valence-electron chi connectivity index (χ4n) is 5.95. The molecule has 0 aliphatic carbocycles. The van der Waals surface area contributed by atoms with E-state index < -0.39 is 15.1 Å². The first-order valence-corrected chi connectivity index (χ1v) is 18.3. The van der Waals surface area contributed by atoms with E-state index in [1.54, 1.807) is 44.3 Å². The Bertz CT molecular complexity index is 1630. The zero-order valence-corrected chi connectivity index (χ0v) is 29.5. The molecule has 1 atom stereocenters. The van der Waals surface area contributed by atoms with Crippen LogP contribution in [-0.2, 0) is 14.6 Å². The van der Waals surface area contributed by atoms with Crippen LogP contribution in [-0.4, -0.2) is 66.2 Å². The maximum Gasteiger partial charge on any atom is 0.239 e. The molecule has 45 heavy (non-hydrogen) atoms. The van der Waals surface area contributed by atoms with Gasteiger partial charge in [0, 0.05) is 19.3 Å². The van der Waals surface area contributed by atoms with Crippen LogP contribution in [0.25, 0.3) is 0 Å². The van der Waals surface area contributed by atoms with E-state index in [1.165, 1.54) is 5.56 Å². The number of benzene rings is 2. The van der Waals surface area contributed by atoms with E-state index in [-0.39, 0.29) is 22.9 Å². The zero-order valence-electron chi connectivity index (χ0n) is 26.6. The summed E-state index contributed by atoms with van der Waals surface area (Å²) in [6.45, 7) is 11.9. The number of nitrogens with one attached hydrogen (secondary N) is 3. The molecule has 1 aromatic heterocycles. The van der Waals surface area contributed by atoms with E-state index in [0.29, 0.717) is 29.1 Å². The van der Waals surface area contributed by atoms with Crippen molar-refractivity contribution in [2.75, 3.05) is 30.3 Å². The Hall–Kier alpha value is -2.97. The Morgan fingerprint density at radius 2 is 1.80 bits per heavy atom. The summed E-state index contributed by atoms with van der Waals surface area (Å²) in [5, 5.41) is 9.35. The van der Waals surface area contributed by atoms with Gasteiger partial charge in [0.05, 0.1) is 37.2 Å². The number of carbonyl (C=O) groups is 1. The third kappa shape index (κ3) is 7.71. The first kappa shape index (κ1) is 33.4. The number of hydrogen-bond donors (Lipinski definition) is 3. The first-order chi connectivity index (χ1) is 21.4. The van der Waals surface area contributed by atoms with Crippen molar-refractivity contribution in [3.8, 4) is 5.75 Å². The van der Waals surface area contributed by atoms with Gasteiger partial charge < -0.3 is 25.6 Å². The van der Waals surface area contributed by atoms with Crippen molar-refractivity contribution in [2.24, 2.45) is 0 Å². The molecule has 3 aromatic rings. The molecule has 10 nitrogen and oxygen atoms in total. The lowest BCUT2D eigenvalue weighted by atomic mass is 9.86. The Morgan fingerprint density at radius 1 is 1.07 bits per heavy atom. The second-order valence-electron chi connectivity index (χ2n) is 12.4. The molecule has 1 amide bonds. The van der Waals surface area contributed by atoms with Crippen LogP contribution in [0.3, 0.4) is 0 Å². The molecule has 0 unspecified atom stereocenters. The van der Waals surface area contributed by atoms with E-state index in [0.717, 1.165) is 60.1 Å². The van der Waals surface area contributed by atoms with Crippen LogP contribution in [0.1, 0.15) is 70.4 Å². The summed E-state index contributed by atoms with van der Waals surface area (Å²) >= 11 is 2.14. The molecule has 2 saturated heterocycles. The van der Waals surface area contributed by atoms with Crippen molar-refractivity contribution >= 4 is 61.5 Å². The smallest absolute Gasteiger partial charge is 0.239 e. The van der Waals surface area contributed by atoms with Gasteiger partial charge in [-0.05, 0) is 131 Å². The maximum absolute atomic E-state index is 13.0. The van der Waals surface area contributed by atoms with Crippen molar-refractivity contribution in [1.82, 2.24) is 20.2 Å². The standard InChI is InChI=1S/C33H43IN6O4S/c1-20(2)44-29-18-24(23-12-15-40(16-13-23)32(41)27-10-8-14-35-27)22(5)17-28(29)38-33-36-19-25(34)31(39-33)37-26-9-6-7-11-30(26)45(42,43)21(3)4/h6-7,9,11,17-21,23,27,35H,8,10,12-16H2,1-5H3,(H2,36,37,38,39)/t27-/m0/s1. The number of ether oxygens (including phenoxy) is 1. The molecule has 12 heteroatoms. The molecule has 5 rings (SSSR count). The summed E-state index contributed by atoms with van der Waals surface area (Å²) in [7, 11) is -3.51. The lowest BCUT2D eigenvalue weighted by Gasteiger charge is -2.34. The Kier molecular flexibility index (Phi) is 10.5. The number of likely N-dealkylation sites (tertiary alicyclic amines) is 1. The Balaban J connectivity index is 1.37. The Morgan fingerprint density at radius 3 is 2.47 bits per heavy atom. The number of para-hydroxylation sites is 1. The minimum atomic E-state index is -3.51. The SMILES string of the molecule is Cc1cc(Nc2ncc(I)c(Nc3ccccc3S(=O)(=O)C(C)C)n2)c(OC(C)C)cc1C1CCN(C(=O)[C@@H]2CCCN2)CC1. The molecule has 0 saturated carbocycles. The quantitative estimate of drug-likeness (QED) is 0.205. The number of hydrogen-bond acceptors (Lipinski definition) is 9. The van der Waals surface area contributed by atoms with Crippen LogP contribution in [0.15, 0.2) is 47.5 Å². The average Bonchev–Trinajstić information content (AvgIpc) is 3.55. The minimum absolute atomic E-state index is 0.0262. The number of nitrogens with zero attached hydrogens (tertiary/aromatic N) is 3. The van der Waals surface area contributed by atoms with E-state index in [1.807, 2.05) is 18.7 Å². The highest BCUT2D eigenvalue weighted by Gasteiger charge is 2.31. The lowest BCUT2D eigenvalue weighted by Crippen LogP contribution is -2.46. The normalized spacial score (nSPS) is 17.6. The summed E-state index contributed by atoms with van der Waals surface area (Å²) in [6.07, 6.45) is 5.46. The first-order valence-electron chi connectivity index (χ1n) is 15.7. The second kappa shape index (κ2) is 14.2. The largest absolute Gasteiger partial charge is 0.489 e. The summed E-state index contributed by atoms with van der Waals surface area (Å²) in [4.78, 5) is 24.4. The molecule has 2 aromatic carbocycles. The minimum Gasteiger partial charge on any atom is -0.489 e. The maximum atomic E-state index is 13.0. The summed E-state index contributed by atoms with van der Waals surface area (Å²) in [6, 6.07) is 11.0. The van der Waals surface area contributed by atoms with E-state index >= 15 is 0 Å². The number of rotatable bonds is 10. The molecule has 0 bridgehead atoms. The monoisotopic (exact) mass is 746 g/mol. The highest BCUT2D eigenvalue weighted by atomic mass is 127. The molecule has 0 radical (unpaired) electrons. The predicted octanol–water partition coefficient (Wildman–Crippen LogP) is 6.30. The van der Waals surface area contributed by atoms with Gasteiger partial charge in [0.25, 0.3) is 0 Å². The highest BCUT2D eigenvalue weighted by Crippen LogP contribution is 2.38. The van der Waals surface area contributed by atoms with Gasteiger partial charge in [-0.25, -0.2) is 13.4 Å². The van der Waals surface area contributed by atoms with Crippen molar-refractivity contribution in [3.63, 3.8) is 0 Å². The number of aryl methyl sites for hydroxylation is 1. The topological polar surface area (TPSA) is 126 Å². The van der Waals surface area contributed by atoms with Gasteiger partial charge in [-0.3, -0.25) is 4.79 Å². The lowest BCUT2D eigenvalue weighted by molar-refractivity contribution is -0.134. The van der Waals surface area contributed by atoms with Crippen molar-refractivity contribution in [3.05, 3.63) is 57.3 Å². The molecule has 0 spiro atoms. The van der Waals surface area contributed by atoms with Crippen molar-refractivity contribution < 1.29 is 17.9 Å². The van der Waals surface area contributed by atoms with Gasteiger partial charge in [0.1, 0.15) is 11.6 Å². The van der Waals surface area contributed by atoms with Crippen molar-refractivity contribution in [1.29, 1.82) is 0 Å². The summed E-state index contributed by atoms with van der Waals surface area (Å²) in [5.74, 6) is 2.14. The number of anilines is 4. The van der Waals surface area contributed by atoms with Crippen LogP contribution >= 0.6 is 22.6 Å². The number of piperidine rings is 1. The second-order valence-corrected chi connectivity index (χ2v) is 16.0. The predicted molar refractivity (Wildman–Crippen MR) is 187 cm³/mol. The number of sulfone groups is 1. The third-order valence-corrected chi connectivity index (χ3v) is 11.4. The Labute approximate surface area is 280 Å². The molecule has 2 aliphatic heterocycles. The van der Waals surface area contributed by atoms with Gasteiger partial charge >= 0.3 is 0 Å². The van der Waals surface area contributed by atoms with Crippen LogP contribution < -0.4 is 20.7 Å². The van der Waals surface area contributed by atoms with E-state index in [4.69, 9.17) is 9.72 Å². The van der Waals surface area contributed by atoms with Gasteiger partial charge in [0.2, 0.25) is 11.9 Å². The molecular formula is C33H43IN6O4S. The van der Waals surface area contributed by atoms with Crippen LogP contribution in [0.5, 0.6) is 5.75 Å². The van der Waals surface area contributed by atoms with E-state index in [2.05, 4.69) is 62.6 Å². The number of aromatic nitrogens is 2. The van der Waals surface area contributed by atoms with Crippen molar-refractivity contribution in [2.45, 2.75) is 88.5 Å². The van der Waals surface area contributed by atoms with Gasteiger partial charge in [-0.15, -0.1) is 0 Å². The summed E-state index contributed by atoms with van der Waals surface area (Å²) < 4.78 is 33.1. The zero-order chi connectivity index (χ0) is 32.3. The molecule has 2 fully saturated rings. The molecule has 242 valence electrons. The van der Waals surface area contributed by atoms with Gasteiger partial charge in [-0.1, -0.05) is 12.1 Å². The fraction of sp³-hybridized carbons (Fsp3) is 0.485. The molecule has 3 heterocycles. The number of amides is 1. The highest BCUT2D eigenvalue weighted by molar-refractivity contribution is 14.1. The van der Waals surface area contributed by atoms with Crippen LogP contribution in [0.4, 0.5) is 23.1 Å². The molecule has 3 N–H and O–H groups in total. The van der Waals surface area contributed by atoms with Crippen LogP contribution in [0, 0.1) is 10.5 Å². The third-order valence-electron chi connectivity index (χ3n) is 8.39. The van der Waals surface area contributed by atoms with Crippen LogP contribution in [0.2, 0.25) is 0 Å².